The van der Waals surface area contributed by atoms with E-state index >= 15 is 0 Å². The Labute approximate surface area is 44.4 Å². The van der Waals surface area contributed by atoms with Crippen molar-refractivity contribution >= 4 is 0 Å². The highest BCUT2D eigenvalue weighted by atomic mass is 16.5. The third-order valence-corrected chi connectivity index (χ3v) is 1.16. The second-order valence-electron chi connectivity index (χ2n) is 1.82. The fraction of sp³-hybridized carbons (Fsp3) is 1.00. The number of ether oxygens (including phenoxy) is 1. The quantitative estimate of drug-likeness (QED) is 0.503. The van der Waals surface area contributed by atoms with Crippen molar-refractivity contribution in [2.24, 2.45) is 0 Å². The summed E-state index contributed by atoms with van der Waals surface area (Å²) in [6, 6.07) is 0. The molecule has 1 aliphatic heterocycles. The van der Waals surface area contributed by atoms with Crippen LogP contribution in [-0.4, -0.2) is 12.7 Å². The smallest absolute Gasteiger partial charge is 0.0547 e. The van der Waals surface area contributed by atoms with Gasteiger partial charge in [0, 0.05) is 6.61 Å². The van der Waals surface area contributed by atoms with E-state index in [0.29, 0.717) is 6.10 Å². The van der Waals surface area contributed by atoms with Crippen LogP contribution >= 0.6 is 0 Å². The molecule has 1 rings (SSSR count). The Kier molecular flexibility index (Phi) is 2.96. The molecule has 1 aliphatic rings. The van der Waals surface area contributed by atoms with Gasteiger partial charge in [0.15, 0.2) is 0 Å². The van der Waals surface area contributed by atoms with Gasteiger partial charge in [-0.3, -0.25) is 0 Å². The first-order chi connectivity index (χ1) is 2.89. The third kappa shape index (κ3) is 1.90. The van der Waals surface area contributed by atoms with Gasteiger partial charge in [-0.15, -0.1) is 0 Å². The van der Waals surface area contributed by atoms with Crippen molar-refractivity contribution in [2.45, 2.75) is 25.9 Å². The van der Waals surface area contributed by atoms with Gasteiger partial charge in [-0.1, -0.05) is 0 Å². The summed E-state index contributed by atoms with van der Waals surface area (Å²) in [6.07, 6.45) is 3.08. The van der Waals surface area contributed by atoms with Crippen LogP contribution in [0.2, 0.25) is 0 Å². The summed E-state index contributed by atoms with van der Waals surface area (Å²) in [5.74, 6) is 0. The largest absolute Gasteiger partial charge is 0.379 e. The van der Waals surface area contributed by atoms with Crippen LogP contribution in [0.15, 0.2) is 0 Å². The van der Waals surface area contributed by atoms with E-state index in [4.69, 9.17) is 4.74 Å². The van der Waals surface area contributed by atoms with Gasteiger partial charge in [-0.2, -0.15) is 0 Å². The minimum absolute atomic E-state index is 0. The van der Waals surface area contributed by atoms with Gasteiger partial charge in [0.05, 0.1) is 6.10 Å². The van der Waals surface area contributed by atoms with Crippen LogP contribution in [0.3, 0.4) is 0 Å². The molecular formula is C5H13NO. The molecule has 1 saturated heterocycles. The third-order valence-electron chi connectivity index (χ3n) is 1.16. The minimum Gasteiger partial charge on any atom is -0.379 e. The van der Waals surface area contributed by atoms with Crippen molar-refractivity contribution in [2.75, 3.05) is 6.61 Å². The van der Waals surface area contributed by atoms with Crippen LogP contribution in [0.25, 0.3) is 0 Å². The molecule has 0 bridgehead atoms. The molecule has 0 aromatic carbocycles. The first-order valence-corrected chi connectivity index (χ1v) is 2.51. The predicted molar refractivity (Wildman–Crippen MR) is 29.7 cm³/mol. The Morgan fingerprint density at radius 1 is 1.57 bits per heavy atom. The summed E-state index contributed by atoms with van der Waals surface area (Å²) in [4.78, 5) is 0. The van der Waals surface area contributed by atoms with Gasteiger partial charge < -0.3 is 10.9 Å². The molecule has 0 aliphatic carbocycles. The predicted octanol–water partition coefficient (Wildman–Crippen LogP) is 1.35. The molecular weight excluding hydrogens is 90.1 g/mol. The summed E-state index contributed by atoms with van der Waals surface area (Å²) in [5, 5.41) is 0. The molecule has 1 atom stereocenters. The SMILES string of the molecule is C[C@H]1CCCO1.N. The van der Waals surface area contributed by atoms with Gasteiger partial charge in [-0.25, -0.2) is 0 Å². The lowest BCUT2D eigenvalue weighted by Crippen LogP contribution is -1.94. The molecule has 0 spiro atoms. The second-order valence-corrected chi connectivity index (χ2v) is 1.82. The average molecular weight is 103 g/mol. The number of rotatable bonds is 0. The minimum atomic E-state index is 0. The van der Waals surface area contributed by atoms with Crippen LogP contribution in [0.5, 0.6) is 0 Å². The normalized spacial score (nSPS) is 29.6. The topological polar surface area (TPSA) is 44.2 Å². The average Bonchev–Trinajstić information content (AvgIpc) is 1.86. The maximum Gasteiger partial charge on any atom is 0.0547 e. The Morgan fingerprint density at radius 3 is 2.43 bits per heavy atom. The van der Waals surface area contributed by atoms with Gasteiger partial charge in [0.25, 0.3) is 0 Å². The lowest BCUT2D eigenvalue weighted by atomic mass is 10.3. The molecule has 0 radical (unpaired) electrons. The van der Waals surface area contributed by atoms with Crippen molar-refractivity contribution in [1.29, 1.82) is 0 Å². The fourth-order valence-corrected chi connectivity index (χ4v) is 0.739. The summed E-state index contributed by atoms with van der Waals surface area (Å²) < 4.78 is 5.15. The van der Waals surface area contributed by atoms with Crippen molar-refractivity contribution in [1.82, 2.24) is 6.15 Å². The molecule has 7 heavy (non-hydrogen) atoms. The summed E-state index contributed by atoms with van der Waals surface area (Å²) >= 11 is 0. The number of hydrogen-bond acceptors (Lipinski definition) is 2. The molecule has 0 aromatic rings. The first kappa shape index (κ1) is 6.92. The first-order valence-electron chi connectivity index (χ1n) is 2.51. The molecule has 1 fully saturated rings. The van der Waals surface area contributed by atoms with Gasteiger partial charge in [-0.05, 0) is 19.8 Å². The lowest BCUT2D eigenvalue weighted by Gasteiger charge is -1.94. The Hall–Kier alpha value is -0.0800. The van der Waals surface area contributed by atoms with Crippen molar-refractivity contribution in [3.8, 4) is 0 Å². The molecule has 1 heterocycles. The Morgan fingerprint density at radius 2 is 2.29 bits per heavy atom. The standard InChI is InChI=1S/C5H10O.H3N/c1-5-3-2-4-6-5;/h5H,2-4H2,1H3;1H3/t5-;/m0./s1. The van der Waals surface area contributed by atoms with E-state index in [0.717, 1.165) is 6.61 Å². The van der Waals surface area contributed by atoms with Crippen LogP contribution in [-0.2, 0) is 4.74 Å². The highest BCUT2D eigenvalue weighted by Gasteiger charge is 2.07. The zero-order valence-electron chi connectivity index (χ0n) is 4.81. The van der Waals surface area contributed by atoms with E-state index in [1.165, 1.54) is 12.8 Å². The molecule has 0 amide bonds. The molecule has 0 aromatic heterocycles. The fourth-order valence-electron chi connectivity index (χ4n) is 0.739. The zero-order chi connectivity index (χ0) is 4.41. The second kappa shape index (κ2) is 2.99. The highest BCUT2D eigenvalue weighted by Crippen LogP contribution is 2.09. The molecule has 2 nitrogen and oxygen atoms in total. The van der Waals surface area contributed by atoms with E-state index < -0.39 is 0 Å². The van der Waals surface area contributed by atoms with Gasteiger partial charge >= 0.3 is 0 Å². The van der Waals surface area contributed by atoms with Crippen molar-refractivity contribution in [3.05, 3.63) is 0 Å². The Bertz CT molecular complexity index is 41.3. The Balaban J connectivity index is 0.000000360. The maximum absolute atomic E-state index is 5.15. The summed E-state index contributed by atoms with van der Waals surface area (Å²) in [5.41, 5.74) is 0. The van der Waals surface area contributed by atoms with E-state index in [9.17, 15) is 0 Å². The van der Waals surface area contributed by atoms with Crippen molar-refractivity contribution < 1.29 is 4.74 Å². The van der Waals surface area contributed by atoms with Crippen LogP contribution in [0, 0.1) is 0 Å². The van der Waals surface area contributed by atoms with Gasteiger partial charge in [0.2, 0.25) is 0 Å². The molecule has 0 saturated carbocycles. The van der Waals surface area contributed by atoms with Crippen LogP contribution in [0.1, 0.15) is 19.8 Å². The molecule has 0 unspecified atom stereocenters. The van der Waals surface area contributed by atoms with E-state index in [-0.39, 0.29) is 6.15 Å². The monoisotopic (exact) mass is 103 g/mol. The van der Waals surface area contributed by atoms with Crippen molar-refractivity contribution in [3.63, 3.8) is 0 Å². The molecule has 3 N–H and O–H groups in total. The summed E-state index contributed by atoms with van der Waals surface area (Å²) in [6.45, 7) is 3.11. The highest BCUT2D eigenvalue weighted by molar-refractivity contribution is 4.56. The van der Waals surface area contributed by atoms with Crippen LogP contribution < -0.4 is 6.15 Å². The van der Waals surface area contributed by atoms with E-state index in [1.54, 1.807) is 0 Å². The summed E-state index contributed by atoms with van der Waals surface area (Å²) in [7, 11) is 0. The molecule has 2 heteroatoms. The van der Waals surface area contributed by atoms with E-state index in [2.05, 4.69) is 6.92 Å². The van der Waals surface area contributed by atoms with E-state index in [1.807, 2.05) is 0 Å². The maximum atomic E-state index is 5.15. The lowest BCUT2D eigenvalue weighted by molar-refractivity contribution is 0.125. The zero-order valence-corrected chi connectivity index (χ0v) is 4.81. The molecule has 44 valence electrons. The van der Waals surface area contributed by atoms with Crippen LogP contribution in [0.4, 0.5) is 0 Å². The van der Waals surface area contributed by atoms with Gasteiger partial charge in [0.1, 0.15) is 0 Å². The number of hydrogen-bond donors (Lipinski definition) is 1.